The maximum Gasteiger partial charge on any atom is 0.230 e. The van der Waals surface area contributed by atoms with Gasteiger partial charge in [0.1, 0.15) is 4.33 Å². The van der Waals surface area contributed by atoms with Crippen molar-refractivity contribution in [2.45, 2.75) is 10.8 Å². The highest BCUT2D eigenvalue weighted by molar-refractivity contribution is 6.52. The van der Waals surface area contributed by atoms with Gasteiger partial charge in [-0.25, -0.2) is 0 Å². The number of anilines is 2. The average Bonchev–Trinajstić information content (AvgIpc) is 2.87. The van der Waals surface area contributed by atoms with Crippen molar-refractivity contribution >= 4 is 52.1 Å². The van der Waals surface area contributed by atoms with Crippen molar-refractivity contribution in [3.8, 4) is 0 Å². The summed E-state index contributed by atoms with van der Waals surface area (Å²) in [6.45, 7) is 0. The highest BCUT2D eigenvalue weighted by Gasteiger charge is 2.56. The Morgan fingerprint density at radius 3 is 2.56 bits per heavy atom. The second-order valence-electron chi connectivity index (χ2n) is 4.56. The maximum absolute atomic E-state index is 11.9. The summed E-state index contributed by atoms with van der Waals surface area (Å²) in [7, 11) is 3.78. The zero-order chi connectivity index (χ0) is 13.5. The van der Waals surface area contributed by atoms with Crippen molar-refractivity contribution in [3.05, 3.63) is 23.2 Å². The monoisotopic (exact) mass is 306 g/mol. The number of nitrogens with zero attached hydrogens (tertiary/aromatic N) is 1. The van der Waals surface area contributed by atoms with Crippen molar-refractivity contribution in [3.63, 3.8) is 0 Å². The first-order valence-electron chi connectivity index (χ1n) is 5.47. The van der Waals surface area contributed by atoms with E-state index in [0.29, 0.717) is 17.1 Å². The van der Waals surface area contributed by atoms with Crippen LogP contribution in [0.25, 0.3) is 0 Å². The standard InChI is InChI=1S/C12H13Cl3N2O/c1-17(2)10-4-3-7(13)5-9(10)16-11(18)8-6-12(8,14)15/h3-5,8H,6H2,1-2H3,(H,16,18). The number of amides is 1. The fourth-order valence-electron chi connectivity index (χ4n) is 1.72. The number of alkyl halides is 2. The van der Waals surface area contributed by atoms with Gasteiger partial charge in [0.05, 0.1) is 17.3 Å². The van der Waals surface area contributed by atoms with Gasteiger partial charge in [-0.3, -0.25) is 4.79 Å². The van der Waals surface area contributed by atoms with Gasteiger partial charge in [-0.15, -0.1) is 23.2 Å². The molecule has 2 rings (SSSR count). The first kappa shape index (κ1) is 13.8. The molecule has 1 aromatic carbocycles. The van der Waals surface area contributed by atoms with E-state index in [-0.39, 0.29) is 11.8 Å². The molecular weight excluding hydrogens is 295 g/mol. The second-order valence-corrected chi connectivity index (χ2v) is 6.54. The number of hydrogen-bond donors (Lipinski definition) is 1. The van der Waals surface area contributed by atoms with E-state index in [2.05, 4.69) is 5.32 Å². The third kappa shape index (κ3) is 2.85. The molecule has 1 N–H and O–H groups in total. The van der Waals surface area contributed by atoms with Gasteiger partial charge in [0, 0.05) is 19.1 Å². The van der Waals surface area contributed by atoms with Gasteiger partial charge < -0.3 is 10.2 Å². The number of hydrogen-bond acceptors (Lipinski definition) is 2. The molecule has 1 amide bonds. The third-order valence-electron chi connectivity index (χ3n) is 2.84. The summed E-state index contributed by atoms with van der Waals surface area (Å²) in [5.41, 5.74) is 1.54. The van der Waals surface area contributed by atoms with E-state index in [1.807, 2.05) is 25.1 Å². The van der Waals surface area contributed by atoms with Crippen molar-refractivity contribution < 1.29 is 4.79 Å². The number of halogens is 3. The van der Waals surface area contributed by atoms with Crippen LogP contribution in [0.4, 0.5) is 11.4 Å². The molecule has 98 valence electrons. The molecule has 0 saturated heterocycles. The van der Waals surface area contributed by atoms with E-state index in [1.54, 1.807) is 12.1 Å². The topological polar surface area (TPSA) is 32.3 Å². The molecule has 1 aliphatic rings. The van der Waals surface area contributed by atoms with Gasteiger partial charge >= 0.3 is 0 Å². The van der Waals surface area contributed by atoms with Crippen LogP contribution in [-0.4, -0.2) is 24.3 Å². The molecule has 1 aromatic rings. The highest BCUT2D eigenvalue weighted by atomic mass is 35.5. The van der Waals surface area contributed by atoms with Gasteiger partial charge in [0.15, 0.2) is 0 Å². The third-order valence-corrected chi connectivity index (χ3v) is 3.91. The van der Waals surface area contributed by atoms with Crippen LogP contribution in [0.2, 0.25) is 5.02 Å². The number of carbonyl (C=O) groups excluding carboxylic acids is 1. The summed E-state index contributed by atoms with van der Waals surface area (Å²) >= 11 is 17.7. The Kier molecular flexibility index (Phi) is 3.67. The average molecular weight is 308 g/mol. The largest absolute Gasteiger partial charge is 0.376 e. The molecule has 0 heterocycles. The molecule has 0 aromatic heterocycles. The van der Waals surface area contributed by atoms with E-state index < -0.39 is 4.33 Å². The minimum absolute atomic E-state index is 0.176. The summed E-state index contributed by atoms with van der Waals surface area (Å²) in [6.07, 6.45) is 0.486. The van der Waals surface area contributed by atoms with Crippen LogP contribution < -0.4 is 10.2 Å². The van der Waals surface area contributed by atoms with Crippen molar-refractivity contribution in [2.75, 3.05) is 24.3 Å². The van der Waals surface area contributed by atoms with Gasteiger partial charge in [-0.05, 0) is 24.6 Å². The van der Waals surface area contributed by atoms with Gasteiger partial charge in [-0.2, -0.15) is 0 Å². The molecule has 1 saturated carbocycles. The lowest BCUT2D eigenvalue weighted by Crippen LogP contribution is -2.19. The van der Waals surface area contributed by atoms with E-state index in [9.17, 15) is 4.79 Å². The Hall–Kier alpha value is -0.640. The van der Waals surface area contributed by atoms with Gasteiger partial charge in [0.2, 0.25) is 5.91 Å². The van der Waals surface area contributed by atoms with Gasteiger partial charge in [0.25, 0.3) is 0 Å². The number of rotatable bonds is 3. The smallest absolute Gasteiger partial charge is 0.230 e. The van der Waals surface area contributed by atoms with E-state index in [1.165, 1.54) is 0 Å². The normalized spacial score (nSPS) is 20.4. The zero-order valence-corrected chi connectivity index (χ0v) is 12.3. The molecule has 0 bridgehead atoms. The molecule has 3 nitrogen and oxygen atoms in total. The lowest BCUT2D eigenvalue weighted by atomic mass is 10.2. The summed E-state index contributed by atoms with van der Waals surface area (Å²) in [5, 5.41) is 3.38. The van der Waals surface area contributed by atoms with Crippen LogP contribution in [0.1, 0.15) is 6.42 Å². The van der Waals surface area contributed by atoms with E-state index >= 15 is 0 Å². The Bertz CT molecular complexity index is 488. The van der Waals surface area contributed by atoms with Crippen LogP contribution >= 0.6 is 34.8 Å². The summed E-state index contributed by atoms with van der Waals surface area (Å²) in [6, 6.07) is 5.33. The Morgan fingerprint density at radius 1 is 1.44 bits per heavy atom. The molecular formula is C12H13Cl3N2O. The Morgan fingerprint density at radius 2 is 2.06 bits per heavy atom. The predicted octanol–water partition coefficient (Wildman–Crippen LogP) is 3.54. The Labute approximate surface area is 121 Å². The summed E-state index contributed by atoms with van der Waals surface area (Å²) in [4.78, 5) is 13.8. The van der Waals surface area contributed by atoms with Crippen LogP contribution in [-0.2, 0) is 4.79 Å². The molecule has 1 unspecified atom stereocenters. The molecule has 18 heavy (non-hydrogen) atoms. The quantitative estimate of drug-likeness (QED) is 0.866. The van der Waals surface area contributed by atoms with Crippen LogP contribution in [0, 0.1) is 5.92 Å². The van der Waals surface area contributed by atoms with Crippen molar-refractivity contribution in [1.29, 1.82) is 0 Å². The van der Waals surface area contributed by atoms with Crippen LogP contribution in [0.3, 0.4) is 0 Å². The van der Waals surface area contributed by atoms with Gasteiger partial charge in [-0.1, -0.05) is 11.6 Å². The minimum atomic E-state index is -0.916. The first-order valence-corrected chi connectivity index (χ1v) is 6.60. The van der Waals surface area contributed by atoms with Crippen LogP contribution in [0.5, 0.6) is 0 Å². The minimum Gasteiger partial charge on any atom is -0.376 e. The number of nitrogens with one attached hydrogen (secondary N) is 1. The lowest BCUT2D eigenvalue weighted by Gasteiger charge is -2.18. The predicted molar refractivity (Wildman–Crippen MR) is 77.0 cm³/mol. The zero-order valence-electron chi connectivity index (χ0n) is 10.0. The molecule has 6 heteroatoms. The van der Waals surface area contributed by atoms with Crippen molar-refractivity contribution in [2.24, 2.45) is 5.92 Å². The Balaban J connectivity index is 2.18. The molecule has 1 aliphatic carbocycles. The summed E-state index contributed by atoms with van der Waals surface area (Å²) < 4.78 is -0.916. The number of carbonyl (C=O) groups is 1. The van der Waals surface area contributed by atoms with Crippen molar-refractivity contribution in [1.82, 2.24) is 0 Å². The molecule has 1 fully saturated rings. The SMILES string of the molecule is CN(C)c1ccc(Cl)cc1NC(=O)C1CC1(Cl)Cl. The fraction of sp³-hybridized carbons (Fsp3) is 0.417. The molecule has 0 radical (unpaired) electrons. The maximum atomic E-state index is 11.9. The van der Waals surface area contributed by atoms with Crippen LogP contribution in [0.15, 0.2) is 18.2 Å². The number of benzene rings is 1. The second kappa shape index (κ2) is 4.80. The highest BCUT2D eigenvalue weighted by Crippen LogP contribution is 2.53. The molecule has 1 atom stereocenters. The first-order chi connectivity index (χ1) is 8.31. The van der Waals surface area contributed by atoms with E-state index in [0.717, 1.165) is 5.69 Å². The fourth-order valence-corrected chi connectivity index (χ4v) is 2.39. The lowest BCUT2D eigenvalue weighted by molar-refractivity contribution is -0.117. The summed E-state index contributed by atoms with van der Waals surface area (Å²) in [5.74, 6) is -0.528. The van der Waals surface area contributed by atoms with E-state index in [4.69, 9.17) is 34.8 Å². The molecule has 0 spiro atoms. The molecule has 0 aliphatic heterocycles.